The number of benzene rings is 2. The largest absolute Gasteiger partial charge is 0.464 e. The monoisotopic (exact) mass is 614 g/mol. The van der Waals surface area contributed by atoms with Gasteiger partial charge in [-0.3, -0.25) is 9.59 Å². The molecule has 6 N–H and O–H groups in total. The average molecular weight is 615 g/mol. The molecule has 0 aliphatic rings. The second-order valence-electron chi connectivity index (χ2n) is 9.39. The van der Waals surface area contributed by atoms with E-state index < -0.39 is 17.0 Å². The van der Waals surface area contributed by atoms with Gasteiger partial charge in [-0.05, 0) is 36.0 Å². The highest BCUT2D eigenvalue weighted by Gasteiger charge is 2.23. The maximum absolute atomic E-state index is 13.2. The van der Waals surface area contributed by atoms with Crippen LogP contribution in [0.15, 0.2) is 53.6 Å². The molecule has 43 heavy (non-hydrogen) atoms. The van der Waals surface area contributed by atoms with Crippen LogP contribution in [0.3, 0.4) is 0 Å². The third kappa shape index (κ3) is 9.68. The summed E-state index contributed by atoms with van der Waals surface area (Å²) in [6, 6.07) is 15.3. The van der Waals surface area contributed by atoms with Crippen molar-refractivity contribution in [2.75, 3.05) is 19.8 Å². The number of aromatic nitrogens is 2. The first-order valence-corrected chi connectivity index (χ1v) is 14.1. The molecule has 0 unspecified atom stereocenters. The number of rotatable bonds is 17. The maximum Gasteiger partial charge on any atom is 0.325 e. The lowest BCUT2D eigenvalue weighted by molar-refractivity contribution is -0.757. The van der Waals surface area contributed by atoms with E-state index in [1.807, 2.05) is 48.5 Å². The Hall–Kier alpha value is -4.69. The third-order valence-electron chi connectivity index (χ3n) is 6.36. The predicted molar refractivity (Wildman–Crippen MR) is 160 cm³/mol. The van der Waals surface area contributed by atoms with E-state index in [0.29, 0.717) is 31.6 Å². The summed E-state index contributed by atoms with van der Waals surface area (Å²) in [4.78, 5) is 44.1. The van der Waals surface area contributed by atoms with Crippen molar-refractivity contribution < 1.29 is 24.3 Å². The van der Waals surface area contributed by atoms with Gasteiger partial charge in [-0.15, -0.1) is 15.2 Å². The Kier molecular flexibility index (Phi) is 12.7. The van der Waals surface area contributed by atoms with Gasteiger partial charge >= 0.3 is 5.97 Å². The molecule has 0 spiro atoms. The number of hydrazone groups is 1. The van der Waals surface area contributed by atoms with Gasteiger partial charge in [-0.2, -0.15) is 0 Å². The topological polar surface area (TPSA) is 202 Å². The Balaban J connectivity index is 1.72. The number of nitrogens with one attached hydrogen (secondary N) is 2. The lowest BCUT2D eigenvalue weighted by Crippen LogP contribution is -2.32. The van der Waals surface area contributed by atoms with Gasteiger partial charge in [-0.25, -0.2) is 16.4 Å². The number of carbonyl (C=O) groups excluding carboxylic acids is 2. The number of carbonyl (C=O) groups is 2. The van der Waals surface area contributed by atoms with E-state index in [1.54, 1.807) is 4.57 Å². The molecule has 0 atom stereocenters. The number of imidazole rings is 1. The van der Waals surface area contributed by atoms with Crippen LogP contribution in [-0.2, 0) is 27.3 Å². The zero-order valence-electron chi connectivity index (χ0n) is 23.8. The van der Waals surface area contributed by atoms with Gasteiger partial charge < -0.3 is 25.2 Å². The smallest absolute Gasteiger partial charge is 0.325 e. The fourth-order valence-corrected chi connectivity index (χ4v) is 4.54. The van der Waals surface area contributed by atoms with Crippen molar-refractivity contribution in [3.05, 3.63) is 86.4 Å². The first-order valence-electron chi connectivity index (χ1n) is 13.7. The molecule has 2 aromatic carbocycles. The van der Waals surface area contributed by atoms with Crippen LogP contribution >= 0.6 is 11.6 Å². The van der Waals surface area contributed by atoms with Crippen molar-refractivity contribution in [1.82, 2.24) is 20.4 Å². The van der Waals surface area contributed by atoms with Crippen molar-refractivity contribution in [2.24, 2.45) is 16.7 Å². The lowest BCUT2D eigenvalue weighted by atomic mass is 9.98. The summed E-state index contributed by atoms with van der Waals surface area (Å²) < 4.78 is 6.83. The lowest BCUT2D eigenvalue weighted by Gasteiger charge is -2.14. The van der Waals surface area contributed by atoms with Crippen molar-refractivity contribution in [3.63, 3.8) is 0 Å². The van der Waals surface area contributed by atoms with E-state index >= 15 is 0 Å². The zero-order valence-corrected chi connectivity index (χ0v) is 24.5. The number of amidine groups is 1. The number of hydrazine groups is 1. The standard InChI is InChI=1S/C28H35ClN8O6/c1-2-3-10-23-33-26(29)25(28(39)32-17-24(38)42-15-6-7-16-43-37(40)41)36(23)18-19-11-13-20(14-12-19)21-8-4-5-9-22(21)27(30)34-35-31/h4-5,8-9,11-14,35H,2-3,6-7,10,15-18,31H2,1H3,(H2,30,34)(H,32,39). The third-order valence-corrected chi connectivity index (χ3v) is 6.62. The Bertz CT molecular complexity index is 1430. The van der Waals surface area contributed by atoms with Crippen LogP contribution in [0, 0.1) is 10.1 Å². The van der Waals surface area contributed by atoms with E-state index in [-0.39, 0.29) is 36.4 Å². The number of aryl methyl sites for hydroxylation is 1. The number of unbranched alkanes of at least 4 members (excludes halogenated alkanes) is 2. The average Bonchev–Trinajstić information content (AvgIpc) is 3.31. The molecule has 0 saturated carbocycles. The molecule has 0 fully saturated rings. The molecule has 3 aromatic rings. The molecule has 15 heteroatoms. The summed E-state index contributed by atoms with van der Waals surface area (Å²) in [5, 5.41) is 15.7. The first kappa shape index (κ1) is 32.8. The Labute approximate surface area is 253 Å². The van der Waals surface area contributed by atoms with Gasteiger partial charge in [0.05, 0.1) is 13.2 Å². The van der Waals surface area contributed by atoms with Gasteiger partial charge in [0.2, 0.25) is 0 Å². The molecule has 230 valence electrons. The van der Waals surface area contributed by atoms with E-state index in [0.717, 1.165) is 35.1 Å². The molecule has 3 rings (SSSR count). The number of halogens is 1. The molecular weight excluding hydrogens is 580 g/mol. The molecule has 0 bridgehead atoms. The Morgan fingerprint density at radius 3 is 2.53 bits per heavy atom. The van der Waals surface area contributed by atoms with Gasteiger partial charge in [-0.1, -0.05) is 73.5 Å². The van der Waals surface area contributed by atoms with Gasteiger partial charge in [0.25, 0.3) is 11.0 Å². The van der Waals surface area contributed by atoms with E-state index in [2.05, 4.69) is 32.7 Å². The zero-order chi connectivity index (χ0) is 31.2. The molecule has 0 aliphatic carbocycles. The summed E-state index contributed by atoms with van der Waals surface area (Å²) in [5.41, 5.74) is 11.8. The Morgan fingerprint density at radius 1 is 1.12 bits per heavy atom. The minimum absolute atomic E-state index is 0.0385. The number of nitrogens with two attached hydrogens (primary N) is 2. The molecule has 14 nitrogen and oxygen atoms in total. The van der Waals surface area contributed by atoms with Crippen LogP contribution in [0.25, 0.3) is 11.1 Å². The first-order chi connectivity index (χ1) is 20.7. The molecule has 1 heterocycles. The second kappa shape index (κ2) is 16.7. The predicted octanol–water partition coefficient (Wildman–Crippen LogP) is 2.94. The van der Waals surface area contributed by atoms with Gasteiger partial charge in [0.15, 0.2) is 11.0 Å². The van der Waals surface area contributed by atoms with Crippen LogP contribution in [0.5, 0.6) is 0 Å². The van der Waals surface area contributed by atoms with Crippen molar-refractivity contribution in [2.45, 2.75) is 45.6 Å². The fraction of sp³-hybridized carbons (Fsp3) is 0.357. The van der Waals surface area contributed by atoms with Gasteiger partial charge in [0.1, 0.15) is 18.1 Å². The summed E-state index contributed by atoms with van der Waals surface area (Å²) >= 11 is 6.43. The van der Waals surface area contributed by atoms with Crippen molar-refractivity contribution in [3.8, 4) is 11.1 Å². The SMILES string of the molecule is CCCCc1nc(Cl)c(C(=O)NCC(=O)OCCCCO[N+](=O)[O-])n1Cc1ccc(-c2ccccc2/C(N)=N/NN)cc1. The second-order valence-corrected chi connectivity index (χ2v) is 9.75. The Morgan fingerprint density at radius 2 is 1.84 bits per heavy atom. The van der Waals surface area contributed by atoms with E-state index in [4.69, 9.17) is 27.9 Å². The van der Waals surface area contributed by atoms with Crippen molar-refractivity contribution in [1.29, 1.82) is 0 Å². The summed E-state index contributed by atoms with van der Waals surface area (Å²) in [6.45, 7) is 1.95. The fourth-order valence-electron chi connectivity index (χ4n) is 4.26. The van der Waals surface area contributed by atoms with Crippen molar-refractivity contribution >= 4 is 29.3 Å². The number of hydrogen-bond acceptors (Lipinski definition) is 10. The summed E-state index contributed by atoms with van der Waals surface area (Å²) in [5.74, 6) is 4.98. The number of amides is 1. The van der Waals surface area contributed by atoms with Crippen LogP contribution < -0.4 is 22.4 Å². The molecular formula is C28H35ClN8O6. The number of nitrogens with zero attached hydrogens (tertiary/aromatic N) is 4. The molecule has 1 amide bonds. The number of hydrogen-bond donors (Lipinski definition) is 4. The molecule has 1 aromatic heterocycles. The van der Waals surface area contributed by atoms with E-state index in [9.17, 15) is 19.7 Å². The summed E-state index contributed by atoms with van der Waals surface area (Å²) in [7, 11) is 0. The number of esters is 1. The normalized spacial score (nSPS) is 11.2. The molecule has 0 radical (unpaired) electrons. The maximum atomic E-state index is 13.2. The van der Waals surface area contributed by atoms with Crippen LogP contribution in [-0.4, -0.2) is 52.1 Å². The van der Waals surface area contributed by atoms with Gasteiger partial charge in [0, 0.05) is 18.5 Å². The highest BCUT2D eigenvalue weighted by molar-refractivity contribution is 6.32. The number of ether oxygens (including phenoxy) is 1. The highest BCUT2D eigenvalue weighted by atomic mass is 35.5. The quantitative estimate of drug-likeness (QED) is 0.0333. The molecule has 0 aliphatic heterocycles. The highest BCUT2D eigenvalue weighted by Crippen LogP contribution is 2.26. The summed E-state index contributed by atoms with van der Waals surface area (Å²) in [6.07, 6.45) is 3.12. The minimum Gasteiger partial charge on any atom is -0.464 e. The van der Waals surface area contributed by atoms with Crippen LogP contribution in [0.2, 0.25) is 5.15 Å². The van der Waals surface area contributed by atoms with E-state index in [1.165, 1.54) is 0 Å². The minimum atomic E-state index is -0.879. The molecule has 0 saturated heterocycles. The van der Waals surface area contributed by atoms with Crippen LogP contribution in [0.1, 0.15) is 60.0 Å². The van der Waals surface area contributed by atoms with Crippen LogP contribution in [0.4, 0.5) is 0 Å².